The van der Waals surface area contributed by atoms with Crippen LogP contribution >= 0.6 is 22.9 Å². The Kier molecular flexibility index (Phi) is 10.1. The Balaban J connectivity index is 1.95. The topological polar surface area (TPSA) is 120 Å². The Bertz CT molecular complexity index is 1460. The fraction of sp³-hybridized carbons (Fsp3) is 0.308. The van der Waals surface area contributed by atoms with Crippen molar-refractivity contribution in [3.63, 3.8) is 0 Å². The highest BCUT2D eigenvalue weighted by Gasteiger charge is 2.31. The zero-order valence-electron chi connectivity index (χ0n) is 22.1. The number of anilines is 2. The predicted molar refractivity (Wildman–Crippen MR) is 151 cm³/mol. The molecule has 0 saturated carbocycles. The van der Waals surface area contributed by atoms with Crippen molar-refractivity contribution in [2.45, 2.75) is 25.7 Å². The average molecular weight is 597 g/mol. The Morgan fingerprint density at radius 2 is 1.62 bits per heavy atom. The highest BCUT2D eigenvalue weighted by atomic mass is 35.5. The Hall–Kier alpha value is -3.48. The standard InChI is InChI=1S/C26H29ClN2O8S2/c1-6-35-20-12-10-17(14-21(20)36-7-2)29(4)39(32,33)22-15-23(27)38-24(22)25(30)28-16-9-11-19(34-5)18(13-16)26(31)37-8-3/h9-15H,6-8H2,1-5H3,(H,28,30). The van der Waals surface area contributed by atoms with Gasteiger partial charge in [-0.1, -0.05) is 11.6 Å². The van der Waals surface area contributed by atoms with Crippen molar-refractivity contribution in [2.75, 3.05) is 43.6 Å². The summed E-state index contributed by atoms with van der Waals surface area (Å²) in [6.45, 7) is 6.22. The number of ether oxygens (including phenoxy) is 4. The summed E-state index contributed by atoms with van der Waals surface area (Å²) >= 11 is 6.99. The first-order chi connectivity index (χ1) is 18.6. The van der Waals surface area contributed by atoms with Crippen molar-refractivity contribution < 1.29 is 37.0 Å². The number of rotatable bonds is 12. The van der Waals surface area contributed by atoms with Gasteiger partial charge in [0.2, 0.25) is 0 Å². The van der Waals surface area contributed by atoms with E-state index in [0.717, 1.165) is 15.6 Å². The summed E-state index contributed by atoms with van der Waals surface area (Å²) < 4.78 is 49.9. The van der Waals surface area contributed by atoms with E-state index in [2.05, 4.69) is 5.32 Å². The molecule has 1 N–H and O–H groups in total. The van der Waals surface area contributed by atoms with E-state index in [1.165, 1.54) is 38.4 Å². The van der Waals surface area contributed by atoms with Crippen molar-refractivity contribution in [1.29, 1.82) is 0 Å². The quantitative estimate of drug-likeness (QED) is 0.274. The normalized spacial score (nSPS) is 11.0. The average Bonchev–Trinajstić information content (AvgIpc) is 3.32. The van der Waals surface area contributed by atoms with Gasteiger partial charge >= 0.3 is 5.97 Å². The molecule has 0 aliphatic heterocycles. The maximum atomic E-state index is 13.6. The first-order valence-corrected chi connectivity index (χ1v) is 14.5. The van der Waals surface area contributed by atoms with Crippen molar-refractivity contribution in [1.82, 2.24) is 0 Å². The zero-order valence-corrected chi connectivity index (χ0v) is 24.5. The van der Waals surface area contributed by atoms with Gasteiger partial charge in [0, 0.05) is 18.8 Å². The molecular formula is C26H29ClN2O8S2. The fourth-order valence-corrected chi connectivity index (χ4v) is 6.44. The van der Waals surface area contributed by atoms with Gasteiger partial charge < -0.3 is 24.3 Å². The summed E-state index contributed by atoms with van der Waals surface area (Å²) in [5.41, 5.74) is 0.636. The SMILES string of the molecule is CCOC(=O)c1cc(NC(=O)c2sc(Cl)cc2S(=O)(=O)N(C)c2ccc(OCC)c(OCC)c2)ccc1OC. The van der Waals surface area contributed by atoms with Gasteiger partial charge in [0.1, 0.15) is 21.1 Å². The van der Waals surface area contributed by atoms with Crippen molar-refractivity contribution in [3.8, 4) is 17.2 Å². The Morgan fingerprint density at radius 3 is 2.26 bits per heavy atom. The third kappa shape index (κ3) is 6.75. The lowest BCUT2D eigenvalue weighted by Gasteiger charge is -2.21. The molecule has 0 radical (unpaired) electrons. The molecule has 1 heterocycles. The van der Waals surface area contributed by atoms with Gasteiger partial charge in [0.05, 0.1) is 37.0 Å². The molecule has 3 rings (SSSR count). The highest BCUT2D eigenvalue weighted by Crippen LogP contribution is 2.37. The van der Waals surface area contributed by atoms with Crippen LogP contribution in [0, 0.1) is 0 Å². The van der Waals surface area contributed by atoms with Crippen LogP contribution in [0.15, 0.2) is 47.4 Å². The summed E-state index contributed by atoms with van der Waals surface area (Å²) in [6.07, 6.45) is 0. The lowest BCUT2D eigenvalue weighted by molar-refractivity contribution is 0.0522. The minimum absolute atomic E-state index is 0.106. The second-order valence-electron chi connectivity index (χ2n) is 7.80. The number of carbonyl (C=O) groups excluding carboxylic acids is 2. The van der Waals surface area contributed by atoms with Crippen LogP contribution in [0.25, 0.3) is 0 Å². The van der Waals surface area contributed by atoms with Gasteiger partial charge in [0.15, 0.2) is 11.5 Å². The fourth-order valence-electron chi connectivity index (χ4n) is 3.56. The van der Waals surface area contributed by atoms with E-state index in [4.69, 9.17) is 30.5 Å². The van der Waals surface area contributed by atoms with Crippen molar-refractivity contribution in [3.05, 3.63) is 57.2 Å². The lowest BCUT2D eigenvalue weighted by atomic mass is 10.1. The van der Waals surface area contributed by atoms with Crippen molar-refractivity contribution in [2.24, 2.45) is 0 Å². The van der Waals surface area contributed by atoms with E-state index in [0.29, 0.717) is 30.4 Å². The molecule has 0 spiro atoms. The van der Waals surface area contributed by atoms with Gasteiger partial charge in [-0.3, -0.25) is 9.10 Å². The molecule has 210 valence electrons. The summed E-state index contributed by atoms with van der Waals surface area (Å²) in [5.74, 6) is -0.222. The third-order valence-electron chi connectivity index (χ3n) is 5.36. The first-order valence-electron chi connectivity index (χ1n) is 11.9. The molecule has 0 unspecified atom stereocenters. The summed E-state index contributed by atoms with van der Waals surface area (Å²) in [6, 6.07) is 10.4. The number of amides is 1. The molecule has 1 aromatic heterocycles. The molecule has 2 aromatic carbocycles. The summed E-state index contributed by atoms with van der Waals surface area (Å²) in [7, 11) is -1.46. The highest BCUT2D eigenvalue weighted by molar-refractivity contribution is 7.93. The smallest absolute Gasteiger partial charge is 0.341 e. The molecule has 39 heavy (non-hydrogen) atoms. The van der Waals surface area contributed by atoms with Crippen LogP contribution in [0.3, 0.4) is 0 Å². The van der Waals surface area contributed by atoms with Crippen LogP contribution in [0.2, 0.25) is 4.34 Å². The number of esters is 1. The monoisotopic (exact) mass is 596 g/mol. The van der Waals surface area contributed by atoms with Crippen LogP contribution in [0.4, 0.5) is 11.4 Å². The Labute approximate surface area is 236 Å². The second kappa shape index (κ2) is 13.0. The molecule has 0 aliphatic rings. The molecule has 1 amide bonds. The number of nitrogens with one attached hydrogen (secondary N) is 1. The molecule has 0 aliphatic carbocycles. The van der Waals surface area contributed by atoms with E-state index in [9.17, 15) is 18.0 Å². The maximum Gasteiger partial charge on any atom is 0.341 e. The largest absolute Gasteiger partial charge is 0.496 e. The van der Waals surface area contributed by atoms with Crippen LogP contribution in [0.5, 0.6) is 17.2 Å². The van der Waals surface area contributed by atoms with Crippen LogP contribution in [-0.4, -0.2) is 54.3 Å². The van der Waals surface area contributed by atoms with E-state index in [-0.39, 0.29) is 37.7 Å². The molecule has 3 aromatic rings. The number of carbonyl (C=O) groups is 2. The number of halogens is 1. The van der Waals surface area contributed by atoms with Gasteiger partial charge in [-0.15, -0.1) is 11.3 Å². The number of sulfonamides is 1. The number of hydrogen-bond acceptors (Lipinski definition) is 9. The summed E-state index contributed by atoms with van der Waals surface area (Å²) in [4.78, 5) is 25.2. The predicted octanol–water partition coefficient (Wildman–Crippen LogP) is 5.46. The molecule has 0 fully saturated rings. The van der Waals surface area contributed by atoms with E-state index >= 15 is 0 Å². The molecule has 13 heteroatoms. The minimum atomic E-state index is -4.23. The maximum absolute atomic E-state index is 13.6. The van der Waals surface area contributed by atoms with Gasteiger partial charge in [-0.2, -0.15) is 0 Å². The number of hydrogen-bond donors (Lipinski definition) is 1. The third-order valence-corrected chi connectivity index (χ3v) is 8.56. The summed E-state index contributed by atoms with van der Waals surface area (Å²) in [5, 5.41) is 2.63. The minimum Gasteiger partial charge on any atom is -0.496 e. The molecular weight excluding hydrogens is 568 g/mol. The molecule has 0 bridgehead atoms. The van der Waals surface area contributed by atoms with Gasteiger partial charge in [0.25, 0.3) is 15.9 Å². The first kappa shape index (κ1) is 30.1. The van der Waals surface area contributed by atoms with Gasteiger partial charge in [-0.05, 0) is 57.2 Å². The van der Waals surface area contributed by atoms with Gasteiger partial charge in [-0.25, -0.2) is 13.2 Å². The van der Waals surface area contributed by atoms with Crippen molar-refractivity contribution >= 4 is 56.2 Å². The number of methoxy groups -OCH3 is 1. The molecule has 10 nitrogen and oxygen atoms in total. The molecule has 0 saturated heterocycles. The molecule has 0 atom stereocenters. The second-order valence-corrected chi connectivity index (χ2v) is 11.4. The number of benzene rings is 2. The van der Waals surface area contributed by atoms with Crippen LogP contribution < -0.4 is 23.8 Å². The van der Waals surface area contributed by atoms with Crippen LogP contribution in [-0.2, 0) is 14.8 Å². The van der Waals surface area contributed by atoms with Crippen LogP contribution in [0.1, 0.15) is 40.8 Å². The zero-order chi connectivity index (χ0) is 28.7. The number of nitrogens with zero attached hydrogens (tertiary/aromatic N) is 1. The number of thiophene rings is 1. The van der Waals surface area contributed by atoms with E-state index in [1.807, 2.05) is 6.92 Å². The Morgan fingerprint density at radius 1 is 0.949 bits per heavy atom. The van der Waals surface area contributed by atoms with E-state index in [1.54, 1.807) is 32.0 Å². The van der Waals surface area contributed by atoms with E-state index < -0.39 is 21.9 Å². The lowest BCUT2D eigenvalue weighted by Crippen LogP contribution is -2.28.